The van der Waals surface area contributed by atoms with Crippen molar-refractivity contribution in [1.82, 2.24) is 5.32 Å². The van der Waals surface area contributed by atoms with E-state index in [1.807, 2.05) is 26.0 Å². The van der Waals surface area contributed by atoms with Crippen molar-refractivity contribution in [3.05, 3.63) is 53.6 Å². The minimum absolute atomic E-state index is 0.0300. The number of para-hydroxylation sites is 1. The van der Waals surface area contributed by atoms with Gasteiger partial charge >= 0.3 is 5.97 Å². The zero-order valence-electron chi connectivity index (χ0n) is 18.5. The topological polar surface area (TPSA) is 102 Å². The predicted octanol–water partition coefficient (Wildman–Crippen LogP) is 2.91. The summed E-state index contributed by atoms with van der Waals surface area (Å²) in [6, 6.07) is 11.3. The molecule has 32 heavy (non-hydrogen) atoms. The van der Waals surface area contributed by atoms with Crippen LogP contribution in [0.15, 0.2) is 47.4 Å². The second-order valence-electron chi connectivity index (χ2n) is 7.65. The first-order valence-electron chi connectivity index (χ1n) is 10.5. The summed E-state index contributed by atoms with van der Waals surface area (Å²) in [6.07, 6.45) is 2.35. The number of hydrogen-bond acceptors (Lipinski definition) is 6. The Morgan fingerprint density at radius 3 is 2.66 bits per heavy atom. The van der Waals surface area contributed by atoms with Crippen LogP contribution in [0.3, 0.4) is 0 Å². The number of amides is 1. The fraction of sp³-hybridized carbons (Fsp3) is 0.391. The molecule has 1 amide bonds. The molecule has 0 saturated carbocycles. The summed E-state index contributed by atoms with van der Waals surface area (Å²) >= 11 is 0. The number of esters is 1. The third kappa shape index (κ3) is 5.04. The third-order valence-electron chi connectivity index (χ3n) is 5.29. The number of carbonyl (C=O) groups is 2. The van der Waals surface area contributed by atoms with Crippen LogP contribution >= 0.6 is 0 Å². The zero-order chi connectivity index (χ0) is 23.3. The molecule has 0 spiro atoms. The molecule has 0 fully saturated rings. The van der Waals surface area contributed by atoms with E-state index in [0.29, 0.717) is 18.7 Å². The maximum absolute atomic E-state index is 13.3. The molecule has 0 saturated heterocycles. The summed E-state index contributed by atoms with van der Waals surface area (Å²) in [6.45, 7) is 3.74. The van der Waals surface area contributed by atoms with Gasteiger partial charge in [0.2, 0.25) is 0 Å². The molecule has 0 aliphatic carbocycles. The van der Waals surface area contributed by atoms with Gasteiger partial charge in [-0.1, -0.05) is 31.5 Å². The van der Waals surface area contributed by atoms with E-state index < -0.39 is 28.5 Å². The Balaban J connectivity index is 1.80. The number of methoxy groups -OCH3 is 1. The van der Waals surface area contributed by atoms with Crippen LogP contribution < -0.4 is 14.4 Å². The third-order valence-corrected chi connectivity index (χ3v) is 7.10. The molecule has 9 heteroatoms. The molecule has 0 radical (unpaired) electrons. The van der Waals surface area contributed by atoms with Gasteiger partial charge in [0.1, 0.15) is 11.3 Å². The smallest absolute Gasteiger partial charge is 0.342 e. The number of ether oxygens (including phenoxy) is 2. The zero-order valence-corrected chi connectivity index (χ0v) is 19.3. The van der Waals surface area contributed by atoms with Gasteiger partial charge in [0.25, 0.3) is 15.9 Å². The number of nitrogens with zero attached hydrogens (tertiary/aromatic N) is 1. The molecule has 0 bridgehead atoms. The highest BCUT2D eigenvalue weighted by Gasteiger charge is 2.32. The molecule has 1 heterocycles. The highest BCUT2D eigenvalue weighted by molar-refractivity contribution is 7.92. The molecule has 3 rings (SSSR count). The van der Waals surface area contributed by atoms with Crippen LogP contribution in [-0.4, -0.2) is 46.6 Å². The Labute approximate surface area is 188 Å². The maximum Gasteiger partial charge on any atom is 0.342 e. The lowest BCUT2D eigenvalue weighted by Gasteiger charge is -2.20. The summed E-state index contributed by atoms with van der Waals surface area (Å²) in [5, 5.41) is 2.75. The Morgan fingerprint density at radius 1 is 1.19 bits per heavy atom. The highest BCUT2D eigenvalue weighted by atomic mass is 32.2. The molecule has 172 valence electrons. The van der Waals surface area contributed by atoms with Crippen LogP contribution in [0.4, 0.5) is 5.69 Å². The minimum atomic E-state index is -3.90. The van der Waals surface area contributed by atoms with Gasteiger partial charge in [-0.25, -0.2) is 13.2 Å². The van der Waals surface area contributed by atoms with E-state index in [-0.39, 0.29) is 22.3 Å². The van der Waals surface area contributed by atoms with Crippen molar-refractivity contribution in [2.75, 3.05) is 24.6 Å². The van der Waals surface area contributed by atoms with Crippen LogP contribution in [-0.2, 0) is 26.0 Å². The maximum atomic E-state index is 13.3. The molecular formula is C23H28N2O6S. The van der Waals surface area contributed by atoms with E-state index in [4.69, 9.17) is 9.47 Å². The summed E-state index contributed by atoms with van der Waals surface area (Å²) in [5.41, 5.74) is 1.52. The predicted molar refractivity (Wildman–Crippen MR) is 120 cm³/mol. The fourth-order valence-electron chi connectivity index (χ4n) is 3.72. The summed E-state index contributed by atoms with van der Waals surface area (Å²) in [5.74, 6) is -1.09. The molecule has 1 atom stereocenters. The number of hydrogen-bond donors (Lipinski definition) is 1. The van der Waals surface area contributed by atoms with Crippen LogP contribution in [0.2, 0.25) is 0 Å². The van der Waals surface area contributed by atoms with Crippen molar-refractivity contribution >= 4 is 27.6 Å². The fourth-order valence-corrected chi connectivity index (χ4v) is 5.25. The standard InChI is InChI=1S/C23H28N2O6S/c1-4-7-16(2)24-22(26)15-31-23(27)19-14-18(10-11-21(19)30-3)32(28,29)25-13-12-17-8-5-6-9-20(17)25/h5-6,8-11,14,16H,4,7,12-13,15H2,1-3H3,(H,24,26)/t16-/m1/s1. The average Bonchev–Trinajstić information content (AvgIpc) is 3.22. The van der Waals surface area contributed by atoms with E-state index in [9.17, 15) is 18.0 Å². The van der Waals surface area contributed by atoms with Crippen molar-refractivity contribution in [2.45, 2.75) is 44.0 Å². The van der Waals surface area contributed by atoms with Gasteiger partial charge in [-0.05, 0) is 49.6 Å². The number of rotatable bonds is 9. The number of anilines is 1. The molecule has 2 aromatic carbocycles. The van der Waals surface area contributed by atoms with E-state index in [1.54, 1.807) is 12.1 Å². The highest BCUT2D eigenvalue weighted by Crippen LogP contribution is 2.34. The van der Waals surface area contributed by atoms with Crippen molar-refractivity contribution in [3.8, 4) is 5.75 Å². The largest absolute Gasteiger partial charge is 0.496 e. The molecule has 1 aliphatic heterocycles. The van der Waals surface area contributed by atoms with Gasteiger partial charge in [0, 0.05) is 12.6 Å². The van der Waals surface area contributed by atoms with E-state index in [2.05, 4.69) is 5.32 Å². The van der Waals surface area contributed by atoms with Crippen molar-refractivity contribution in [2.24, 2.45) is 0 Å². The molecule has 0 unspecified atom stereocenters. The van der Waals surface area contributed by atoms with Crippen LogP contribution in [0.5, 0.6) is 5.75 Å². The number of sulfonamides is 1. The van der Waals surface area contributed by atoms with E-state index in [1.165, 1.54) is 29.6 Å². The Bertz CT molecular complexity index is 1100. The Hall–Kier alpha value is -3.07. The molecule has 1 N–H and O–H groups in total. The summed E-state index contributed by atoms with van der Waals surface area (Å²) in [4.78, 5) is 24.6. The number of fused-ring (bicyclic) bond motifs is 1. The second-order valence-corrected chi connectivity index (χ2v) is 9.51. The average molecular weight is 461 g/mol. The van der Waals surface area contributed by atoms with Gasteiger partial charge in [-0.3, -0.25) is 9.10 Å². The van der Waals surface area contributed by atoms with Crippen LogP contribution in [0.1, 0.15) is 42.6 Å². The van der Waals surface area contributed by atoms with Gasteiger partial charge in [-0.2, -0.15) is 0 Å². The molecule has 8 nitrogen and oxygen atoms in total. The SMILES string of the molecule is CCC[C@@H](C)NC(=O)COC(=O)c1cc(S(=O)(=O)N2CCc3ccccc32)ccc1OC. The number of benzene rings is 2. The Morgan fingerprint density at radius 2 is 1.94 bits per heavy atom. The van der Waals surface area contributed by atoms with Gasteiger partial charge in [0.05, 0.1) is 17.7 Å². The number of carbonyl (C=O) groups excluding carboxylic acids is 2. The molecular weight excluding hydrogens is 432 g/mol. The normalized spacial score (nSPS) is 13.9. The quantitative estimate of drug-likeness (QED) is 0.578. The molecule has 2 aromatic rings. The monoisotopic (exact) mass is 460 g/mol. The van der Waals surface area contributed by atoms with Crippen molar-refractivity contribution < 1.29 is 27.5 Å². The van der Waals surface area contributed by atoms with Gasteiger partial charge in [-0.15, -0.1) is 0 Å². The lowest BCUT2D eigenvalue weighted by Crippen LogP contribution is -2.35. The lowest BCUT2D eigenvalue weighted by molar-refractivity contribution is -0.124. The van der Waals surface area contributed by atoms with E-state index in [0.717, 1.165) is 18.4 Å². The summed E-state index contributed by atoms with van der Waals surface area (Å²) < 4.78 is 38.2. The Kier molecular flexibility index (Phi) is 7.40. The first-order valence-corrected chi connectivity index (χ1v) is 12.0. The molecule has 1 aliphatic rings. The summed E-state index contributed by atoms with van der Waals surface area (Å²) in [7, 11) is -2.52. The van der Waals surface area contributed by atoms with Crippen LogP contribution in [0.25, 0.3) is 0 Å². The van der Waals surface area contributed by atoms with Crippen molar-refractivity contribution in [1.29, 1.82) is 0 Å². The first-order chi connectivity index (χ1) is 15.3. The second kappa shape index (κ2) is 10.0. The number of nitrogens with one attached hydrogen (secondary N) is 1. The minimum Gasteiger partial charge on any atom is -0.496 e. The van der Waals surface area contributed by atoms with Gasteiger partial charge in [0.15, 0.2) is 6.61 Å². The lowest BCUT2D eigenvalue weighted by atomic mass is 10.2. The van der Waals surface area contributed by atoms with E-state index >= 15 is 0 Å². The first kappa shape index (κ1) is 23.6. The van der Waals surface area contributed by atoms with Gasteiger partial charge < -0.3 is 14.8 Å². The molecule has 0 aromatic heterocycles. The van der Waals surface area contributed by atoms with Crippen LogP contribution in [0, 0.1) is 0 Å². The van der Waals surface area contributed by atoms with Crippen molar-refractivity contribution in [3.63, 3.8) is 0 Å².